The third-order valence-electron chi connectivity index (χ3n) is 3.85. The van der Waals surface area contributed by atoms with Crippen LogP contribution in [0.5, 0.6) is 11.5 Å². The predicted octanol–water partition coefficient (Wildman–Crippen LogP) is 3.30. The summed E-state index contributed by atoms with van der Waals surface area (Å²) in [6.45, 7) is 1.79. The molecule has 22 heavy (non-hydrogen) atoms. The summed E-state index contributed by atoms with van der Waals surface area (Å²) in [5, 5.41) is 20.0. The lowest BCUT2D eigenvalue weighted by molar-refractivity contribution is 0.450. The first kappa shape index (κ1) is 14.2. The van der Waals surface area contributed by atoms with Crippen LogP contribution in [0.4, 0.5) is 0 Å². The van der Waals surface area contributed by atoms with Crippen LogP contribution >= 0.6 is 0 Å². The normalized spacial score (nSPS) is 11.0. The zero-order valence-corrected chi connectivity index (χ0v) is 12.2. The highest BCUT2D eigenvalue weighted by molar-refractivity contribution is 5.88. The van der Waals surface area contributed by atoms with Crippen molar-refractivity contribution >= 4 is 11.0 Å². The first-order valence-electron chi connectivity index (χ1n) is 7.08. The van der Waals surface area contributed by atoms with Gasteiger partial charge in [-0.3, -0.25) is 0 Å². The molecular formula is C18H16O4. The van der Waals surface area contributed by atoms with Crippen LogP contribution in [-0.4, -0.2) is 10.2 Å². The summed E-state index contributed by atoms with van der Waals surface area (Å²) in [6, 6.07) is 12.5. The third-order valence-corrected chi connectivity index (χ3v) is 3.85. The molecule has 0 amide bonds. The van der Waals surface area contributed by atoms with E-state index in [1.807, 2.05) is 30.3 Å². The Bertz CT molecular complexity index is 879. The average molecular weight is 296 g/mol. The lowest BCUT2D eigenvalue weighted by atomic mass is 9.99. The minimum absolute atomic E-state index is 0.0859. The first-order valence-corrected chi connectivity index (χ1v) is 7.08. The summed E-state index contributed by atoms with van der Waals surface area (Å²) in [5.74, 6) is -0.221. The van der Waals surface area contributed by atoms with Gasteiger partial charge in [0.1, 0.15) is 17.1 Å². The van der Waals surface area contributed by atoms with Crippen LogP contribution in [0.15, 0.2) is 51.7 Å². The smallest absolute Gasteiger partial charge is 0.339 e. The van der Waals surface area contributed by atoms with Crippen molar-refractivity contribution in [1.82, 2.24) is 0 Å². The Morgan fingerprint density at radius 3 is 2.50 bits per heavy atom. The molecule has 0 saturated heterocycles. The van der Waals surface area contributed by atoms with E-state index < -0.39 is 5.63 Å². The molecule has 1 heterocycles. The fourth-order valence-electron chi connectivity index (χ4n) is 2.71. The molecule has 0 radical (unpaired) electrons. The molecule has 2 aromatic carbocycles. The Kier molecular flexibility index (Phi) is 3.59. The summed E-state index contributed by atoms with van der Waals surface area (Å²) in [5.41, 5.74) is 2.16. The van der Waals surface area contributed by atoms with Crippen molar-refractivity contribution < 1.29 is 14.6 Å². The topological polar surface area (TPSA) is 70.7 Å². The molecule has 0 saturated carbocycles. The van der Waals surface area contributed by atoms with Gasteiger partial charge in [-0.25, -0.2) is 4.79 Å². The SMILES string of the molecule is Cc1c(CCc2ccccc2)c(=O)oc2cc(O)cc(O)c12. The van der Waals surface area contributed by atoms with E-state index in [1.165, 1.54) is 12.1 Å². The molecule has 0 spiro atoms. The first-order chi connectivity index (χ1) is 10.6. The van der Waals surface area contributed by atoms with Crippen molar-refractivity contribution in [2.45, 2.75) is 19.8 Å². The van der Waals surface area contributed by atoms with Gasteiger partial charge in [0.2, 0.25) is 0 Å². The highest BCUT2D eigenvalue weighted by Gasteiger charge is 2.15. The van der Waals surface area contributed by atoms with Crippen molar-refractivity contribution in [3.8, 4) is 11.5 Å². The molecule has 0 atom stereocenters. The van der Waals surface area contributed by atoms with Crippen LogP contribution in [0.3, 0.4) is 0 Å². The standard InChI is InChI=1S/C18H16O4/c1-11-14(8-7-12-5-3-2-4-6-12)18(21)22-16-10-13(19)9-15(20)17(11)16/h2-6,9-10,19-20H,7-8H2,1H3. The molecular weight excluding hydrogens is 280 g/mol. The van der Waals surface area contributed by atoms with Gasteiger partial charge in [0.15, 0.2) is 0 Å². The van der Waals surface area contributed by atoms with Gasteiger partial charge in [0, 0.05) is 17.7 Å². The maximum absolute atomic E-state index is 12.2. The minimum Gasteiger partial charge on any atom is -0.508 e. The van der Waals surface area contributed by atoms with Crippen molar-refractivity contribution in [2.24, 2.45) is 0 Å². The van der Waals surface area contributed by atoms with Gasteiger partial charge in [-0.15, -0.1) is 0 Å². The predicted molar refractivity (Wildman–Crippen MR) is 84.4 cm³/mol. The maximum Gasteiger partial charge on any atom is 0.339 e. The molecule has 4 nitrogen and oxygen atoms in total. The van der Waals surface area contributed by atoms with Gasteiger partial charge in [0.05, 0.1) is 5.39 Å². The summed E-state index contributed by atoms with van der Waals surface area (Å²) >= 11 is 0. The number of fused-ring (bicyclic) bond motifs is 1. The van der Waals surface area contributed by atoms with E-state index in [0.717, 1.165) is 12.0 Å². The number of benzene rings is 2. The van der Waals surface area contributed by atoms with E-state index in [-0.39, 0.29) is 17.1 Å². The van der Waals surface area contributed by atoms with E-state index in [4.69, 9.17) is 4.42 Å². The third kappa shape index (κ3) is 2.55. The molecule has 4 heteroatoms. The Labute approximate surface area is 127 Å². The van der Waals surface area contributed by atoms with Gasteiger partial charge in [-0.05, 0) is 30.9 Å². The zero-order chi connectivity index (χ0) is 15.7. The fourth-order valence-corrected chi connectivity index (χ4v) is 2.71. The second kappa shape index (κ2) is 5.56. The summed E-state index contributed by atoms with van der Waals surface area (Å²) in [6.07, 6.45) is 1.26. The Hall–Kier alpha value is -2.75. The second-order valence-electron chi connectivity index (χ2n) is 5.32. The maximum atomic E-state index is 12.2. The highest BCUT2D eigenvalue weighted by Crippen LogP contribution is 2.32. The molecule has 0 fully saturated rings. The van der Waals surface area contributed by atoms with E-state index in [0.29, 0.717) is 22.9 Å². The Morgan fingerprint density at radius 1 is 1.05 bits per heavy atom. The van der Waals surface area contributed by atoms with E-state index in [2.05, 4.69) is 0 Å². The van der Waals surface area contributed by atoms with Crippen LogP contribution in [0.2, 0.25) is 0 Å². The van der Waals surface area contributed by atoms with E-state index in [9.17, 15) is 15.0 Å². The van der Waals surface area contributed by atoms with Crippen molar-refractivity contribution in [1.29, 1.82) is 0 Å². The van der Waals surface area contributed by atoms with Gasteiger partial charge in [0.25, 0.3) is 0 Å². The monoisotopic (exact) mass is 296 g/mol. The average Bonchev–Trinajstić information content (AvgIpc) is 2.47. The summed E-state index contributed by atoms with van der Waals surface area (Å²) < 4.78 is 5.25. The quantitative estimate of drug-likeness (QED) is 0.727. The lowest BCUT2D eigenvalue weighted by Gasteiger charge is -2.09. The number of rotatable bonds is 3. The Morgan fingerprint density at radius 2 is 1.77 bits per heavy atom. The van der Waals surface area contributed by atoms with Crippen molar-refractivity contribution in [2.75, 3.05) is 0 Å². The van der Waals surface area contributed by atoms with E-state index in [1.54, 1.807) is 6.92 Å². The van der Waals surface area contributed by atoms with Crippen molar-refractivity contribution in [3.05, 3.63) is 69.6 Å². The van der Waals surface area contributed by atoms with Crippen LogP contribution < -0.4 is 5.63 Å². The largest absolute Gasteiger partial charge is 0.508 e. The number of aromatic hydroxyl groups is 2. The molecule has 1 aromatic heterocycles. The minimum atomic E-state index is -0.425. The van der Waals surface area contributed by atoms with Gasteiger partial charge < -0.3 is 14.6 Å². The number of hydrogen-bond acceptors (Lipinski definition) is 4. The molecule has 3 rings (SSSR count). The van der Waals surface area contributed by atoms with Crippen LogP contribution in [0.1, 0.15) is 16.7 Å². The van der Waals surface area contributed by atoms with E-state index >= 15 is 0 Å². The molecule has 0 aliphatic rings. The molecule has 2 N–H and O–H groups in total. The van der Waals surface area contributed by atoms with Gasteiger partial charge in [-0.2, -0.15) is 0 Å². The number of phenolic OH excluding ortho intramolecular Hbond substituents is 2. The number of hydrogen-bond donors (Lipinski definition) is 2. The van der Waals surface area contributed by atoms with Crippen molar-refractivity contribution in [3.63, 3.8) is 0 Å². The molecule has 0 aliphatic carbocycles. The zero-order valence-electron chi connectivity index (χ0n) is 12.2. The molecule has 0 bridgehead atoms. The summed E-state index contributed by atoms with van der Waals surface area (Å²) in [4.78, 5) is 12.2. The molecule has 112 valence electrons. The molecule has 0 aliphatic heterocycles. The Balaban J connectivity index is 2.05. The summed E-state index contributed by atoms with van der Waals surface area (Å²) in [7, 11) is 0. The van der Waals surface area contributed by atoms with Gasteiger partial charge >= 0.3 is 5.63 Å². The molecule has 3 aromatic rings. The number of aryl methyl sites for hydroxylation is 2. The van der Waals surface area contributed by atoms with Gasteiger partial charge in [-0.1, -0.05) is 30.3 Å². The van der Waals surface area contributed by atoms with Crippen LogP contribution in [0, 0.1) is 6.92 Å². The van der Waals surface area contributed by atoms with Crippen LogP contribution in [-0.2, 0) is 12.8 Å². The number of phenols is 2. The molecule has 0 unspecified atom stereocenters. The lowest BCUT2D eigenvalue weighted by Crippen LogP contribution is -2.11. The fraction of sp³-hybridized carbons (Fsp3) is 0.167. The van der Waals surface area contributed by atoms with Crippen LogP contribution in [0.25, 0.3) is 11.0 Å². The highest BCUT2D eigenvalue weighted by atomic mass is 16.4. The second-order valence-corrected chi connectivity index (χ2v) is 5.32.